The zero-order chi connectivity index (χ0) is 24.0. The second kappa shape index (κ2) is 7.74. The van der Waals surface area contributed by atoms with Gasteiger partial charge in [0.05, 0.1) is 12.0 Å². The topological polar surface area (TPSA) is 68.5 Å². The van der Waals surface area contributed by atoms with Crippen molar-refractivity contribution in [3.8, 4) is 12.3 Å². The van der Waals surface area contributed by atoms with Crippen molar-refractivity contribution in [1.29, 1.82) is 0 Å². The summed E-state index contributed by atoms with van der Waals surface area (Å²) in [6.45, 7) is 7.31. The number of ether oxygens (including phenoxy) is 1. The molecule has 0 bridgehead atoms. The van der Waals surface area contributed by atoms with E-state index in [1.807, 2.05) is 0 Å². The van der Waals surface area contributed by atoms with Gasteiger partial charge in [0, 0.05) is 12.1 Å². The summed E-state index contributed by atoms with van der Waals surface area (Å²) in [4.78, 5) is 24.1. The number of nitrogens with zero attached hydrogens (tertiary/aromatic N) is 1. The predicted molar refractivity (Wildman–Crippen MR) is 104 cm³/mol. The van der Waals surface area contributed by atoms with Crippen molar-refractivity contribution in [3.05, 3.63) is 35.4 Å². The quantitative estimate of drug-likeness (QED) is 0.302. The Balaban J connectivity index is 2.47. The molecule has 0 radical (unpaired) electrons. The molecule has 1 saturated carbocycles. The van der Waals surface area contributed by atoms with E-state index in [0.717, 1.165) is 16.8 Å². The van der Waals surface area contributed by atoms with E-state index < -0.39 is 58.4 Å². The van der Waals surface area contributed by atoms with Gasteiger partial charge in [-0.25, -0.2) is 4.79 Å². The zero-order valence-corrected chi connectivity index (χ0v) is 17.9. The van der Waals surface area contributed by atoms with Crippen LogP contribution >= 0.6 is 0 Å². The van der Waals surface area contributed by atoms with Crippen molar-refractivity contribution in [3.63, 3.8) is 0 Å². The first-order valence-corrected chi connectivity index (χ1v) is 9.51. The van der Waals surface area contributed by atoms with Gasteiger partial charge in [-0.05, 0) is 50.3 Å². The van der Waals surface area contributed by atoms with E-state index in [1.54, 1.807) is 20.8 Å². The van der Waals surface area contributed by atoms with E-state index in [-0.39, 0.29) is 12.1 Å². The van der Waals surface area contributed by atoms with Crippen LogP contribution in [0.3, 0.4) is 0 Å². The Kier molecular flexibility index (Phi) is 6.12. The second-order valence-electron chi connectivity index (χ2n) is 9.19. The van der Waals surface area contributed by atoms with Crippen LogP contribution in [0, 0.1) is 29.1 Å². The number of rotatable bonds is 6. The van der Waals surface area contributed by atoms with Crippen LogP contribution in [0.15, 0.2) is 24.2 Å². The van der Waals surface area contributed by atoms with Crippen LogP contribution in [0.25, 0.3) is 0 Å². The molecule has 1 aliphatic rings. The highest BCUT2D eigenvalue weighted by Crippen LogP contribution is 2.71. The third-order valence-corrected chi connectivity index (χ3v) is 5.71. The fourth-order valence-corrected chi connectivity index (χ4v) is 4.15. The first kappa shape index (κ1) is 24.5. The minimum atomic E-state index is -4.76. The van der Waals surface area contributed by atoms with Crippen LogP contribution < -0.4 is 0 Å². The normalized spacial score (nSPS) is 23.2. The lowest BCUT2D eigenvalue weighted by Gasteiger charge is -2.19. The number of terminal acetylenes is 1. The monoisotopic (exact) mass is 443 g/mol. The molecule has 0 aliphatic heterocycles. The molecular weight excluding hydrogens is 418 g/mol. The molecule has 1 aliphatic carbocycles. The highest BCUT2D eigenvalue weighted by atomic mass is 19.4. The Morgan fingerprint density at radius 3 is 2.35 bits per heavy atom. The van der Waals surface area contributed by atoms with Crippen molar-refractivity contribution in [1.82, 2.24) is 4.57 Å². The number of aromatic nitrogens is 1. The summed E-state index contributed by atoms with van der Waals surface area (Å²) in [6.07, 6.45) is 1.85. The summed E-state index contributed by atoms with van der Waals surface area (Å²) in [7, 11) is 0. The molecule has 1 aromatic rings. The van der Waals surface area contributed by atoms with Crippen LogP contribution in [0.1, 0.15) is 45.9 Å². The molecule has 170 valence electrons. The number of carbonyl (C=O) groups excluding carboxylic acids is 1. The highest BCUT2D eigenvalue weighted by molar-refractivity contribution is 5.88. The van der Waals surface area contributed by atoms with Gasteiger partial charge in [-0.2, -0.15) is 17.6 Å². The maximum atomic E-state index is 14.5. The molecule has 5 nitrogen and oxygen atoms in total. The summed E-state index contributed by atoms with van der Waals surface area (Å²) < 4.78 is 61.2. The minimum absolute atomic E-state index is 0.258. The molecule has 0 aromatic carbocycles. The molecule has 2 atom stereocenters. The molecule has 31 heavy (non-hydrogen) atoms. The number of alkyl halides is 3. The second-order valence-corrected chi connectivity index (χ2v) is 9.19. The first-order valence-electron chi connectivity index (χ1n) is 9.51. The van der Waals surface area contributed by atoms with Gasteiger partial charge in [0.15, 0.2) is 0 Å². The van der Waals surface area contributed by atoms with E-state index in [2.05, 4.69) is 5.92 Å². The molecule has 9 heteroatoms. The van der Waals surface area contributed by atoms with Gasteiger partial charge in [0.25, 0.3) is 0 Å². The van der Waals surface area contributed by atoms with Gasteiger partial charge >= 0.3 is 18.1 Å². The lowest BCUT2D eigenvalue weighted by atomic mass is 9.88. The van der Waals surface area contributed by atoms with Crippen LogP contribution in [0.2, 0.25) is 0 Å². The fraction of sp³-hybridized carbons (Fsp3) is 0.545. The van der Waals surface area contributed by atoms with Crippen molar-refractivity contribution >= 4 is 11.9 Å². The van der Waals surface area contributed by atoms with Crippen molar-refractivity contribution < 1.29 is 37.0 Å². The third kappa shape index (κ3) is 4.48. The summed E-state index contributed by atoms with van der Waals surface area (Å²) in [6, 6.07) is 1.17. The Morgan fingerprint density at radius 1 is 1.32 bits per heavy atom. The van der Waals surface area contributed by atoms with Crippen molar-refractivity contribution in [2.45, 2.75) is 59.4 Å². The van der Waals surface area contributed by atoms with Gasteiger partial charge in [0.2, 0.25) is 5.83 Å². The molecule has 1 N–H and O–H groups in total. The Bertz CT molecular complexity index is 960. The Hall–Kier alpha value is -2.76. The number of allylic oxidation sites excluding steroid dienone is 1. The van der Waals surface area contributed by atoms with Crippen LogP contribution in [0.5, 0.6) is 0 Å². The van der Waals surface area contributed by atoms with Crippen molar-refractivity contribution in [2.24, 2.45) is 16.7 Å². The van der Waals surface area contributed by atoms with E-state index >= 15 is 0 Å². The van der Waals surface area contributed by atoms with E-state index in [9.17, 15) is 32.3 Å². The van der Waals surface area contributed by atoms with E-state index in [1.165, 1.54) is 19.9 Å². The number of hydrogen-bond acceptors (Lipinski definition) is 3. The van der Waals surface area contributed by atoms with E-state index in [0.29, 0.717) is 0 Å². The number of carboxylic acid groups (broad SMARTS) is 1. The molecule has 0 saturated heterocycles. The van der Waals surface area contributed by atoms with Gasteiger partial charge in [0.1, 0.15) is 11.3 Å². The first-order chi connectivity index (χ1) is 14.0. The summed E-state index contributed by atoms with van der Waals surface area (Å²) in [5.41, 5.74) is -5.12. The van der Waals surface area contributed by atoms with Gasteiger partial charge < -0.3 is 14.4 Å². The fourth-order valence-electron chi connectivity index (χ4n) is 4.15. The lowest BCUT2D eigenvalue weighted by molar-refractivity contribution is -0.152. The summed E-state index contributed by atoms with van der Waals surface area (Å²) in [5.74, 6) is -2.82. The lowest BCUT2D eigenvalue weighted by Crippen LogP contribution is -2.26. The van der Waals surface area contributed by atoms with Crippen LogP contribution in [-0.4, -0.2) is 27.2 Å². The smallest absolute Gasteiger partial charge is 0.431 e. The van der Waals surface area contributed by atoms with Gasteiger partial charge in [-0.15, -0.1) is 6.42 Å². The van der Waals surface area contributed by atoms with Crippen LogP contribution in [-0.2, 0) is 33.5 Å². The number of esters is 1. The SMILES string of the molecule is C#CCn1ccc(C[C@@]2(C(=O)O)[C@H](C=C(F)C(=O)OC(C)(C)C)C2(C)C)c1C(F)(F)F. The minimum Gasteiger partial charge on any atom is -0.481 e. The number of aliphatic carboxylic acids is 1. The number of carboxylic acids is 1. The average Bonchev–Trinajstić information content (AvgIpc) is 2.87. The Labute approximate surface area is 178 Å². The molecule has 1 aromatic heterocycles. The molecular formula is C22H25F4NO4. The molecule has 0 amide bonds. The van der Waals surface area contributed by atoms with E-state index in [4.69, 9.17) is 11.2 Å². The number of carbonyl (C=O) groups is 2. The third-order valence-electron chi connectivity index (χ3n) is 5.71. The average molecular weight is 443 g/mol. The summed E-state index contributed by atoms with van der Waals surface area (Å²) >= 11 is 0. The van der Waals surface area contributed by atoms with Crippen molar-refractivity contribution in [2.75, 3.05) is 0 Å². The molecule has 1 fully saturated rings. The largest absolute Gasteiger partial charge is 0.481 e. The molecule has 2 rings (SSSR count). The number of halogens is 4. The maximum absolute atomic E-state index is 14.5. The Morgan fingerprint density at radius 2 is 1.90 bits per heavy atom. The molecule has 0 spiro atoms. The summed E-state index contributed by atoms with van der Waals surface area (Å²) in [5, 5.41) is 9.92. The maximum Gasteiger partial charge on any atom is 0.431 e. The highest BCUT2D eigenvalue weighted by Gasteiger charge is 2.75. The van der Waals surface area contributed by atoms with Crippen LogP contribution in [0.4, 0.5) is 17.6 Å². The van der Waals surface area contributed by atoms with Gasteiger partial charge in [-0.3, -0.25) is 4.79 Å². The predicted octanol–water partition coefficient (Wildman–Crippen LogP) is 4.60. The molecule has 0 unspecified atom stereocenters. The molecule has 1 heterocycles. The van der Waals surface area contributed by atoms with Gasteiger partial charge in [-0.1, -0.05) is 19.8 Å². The number of hydrogen-bond donors (Lipinski definition) is 1. The zero-order valence-electron chi connectivity index (χ0n) is 17.9. The standard InChI is InChI=1S/C22H25F4NO4/c1-7-9-27-10-8-13(16(27)22(24,25)26)12-21(18(29)30)15(20(21,5)6)11-14(23)17(28)31-19(2,3)4/h1,8,10-11,15H,9,12H2,2-6H3,(H,29,30)/t15-,21+/m1/s1.